The first-order valence-corrected chi connectivity index (χ1v) is 13.7. The van der Waals surface area contributed by atoms with Crippen LogP contribution in [0, 0.1) is 18.6 Å². The van der Waals surface area contributed by atoms with Crippen molar-refractivity contribution in [3.05, 3.63) is 76.5 Å². The van der Waals surface area contributed by atoms with Crippen LogP contribution in [0.15, 0.2) is 42.4 Å². The van der Waals surface area contributed by atoms with Crippen molar-refractivity contribution in [2.24, 2.45) is 7.05 Å². The lowest BCUT2D eigenvalue weighted by Crippen LogP contribution is -2.34. The van der Waals surface area contributed by atoms with Crippen LogP contribution in [0.5, 0.6) is 5.75 Å². The summed E-state index contributed by atoms with van der Waals surface area (Å²) in [4.78, 5) is 2.05. The molecule has 2 aliphatic heterocycles. The summed E-state index contributed by atoms with van der Waals surface area (Å²) in [5.74, 6) is -2.12. The number of halogens is 2. The molecule has 0 saturated heterocycles. The number of allylic oxidation sites excluding steroid dienone is 2. The van der Waals surface area contributed by atoms with E-state index < -0.39 is 17.9 Å². The van der Waals surface area contributed by atoms with Crippen LogP contribution in [-0.4, -0.2) is 50.9 Å². The van der Waals surface area contributed by atoms with E-state index in [-0.39, 0.29) is 23.3 Å². The summed E-state index contributed by atoms with van der Waals surface area (Å²) < 4.78 is 40.3. The van der Waals surface area contributed by atoms with Crippen molar-refractivity contribution in [3.8, 4) is 5.75 Å². The maximum atomic E-state index is 15.1. The molecule has 0 radical (unpaired) electrons. The third-order valence-electron chi connectivity index (χ3n) is 7.28. The minimum atomic E-state index is -1.02. The average molecular weight is 546 g/mol. The number of nitrogens with one attached hydrogen (secondary N) is 3. The number of hydrogen-bond acceptors (Lipinski definition) is 7. The Morgan fingerprint density at radius 3 is 2.87 bits per heavy atom. The highest BCUT2D eigenvalue weighted by atomic mass is 32.2. The Morgan fingerprint density at radius 2 is 2.13 bits per heavy atom. The predicted molar refractivity (Wildman–Crippen MR) is 146 cm³/mol. The minimum absolute atomic E-state index is 0.0225. The van der Waals surface area contributed by atoms with E-state index in [1.807, 2.05) is 45.6 Å². The van der Waals surface area contributed by atoms with Gasteiger partial charge in [0.2, 0.25) is 5.82 Å². The summed E-state index contributed by atoms with van der Waals surface area (Å²) >= 11 is 0.979. The van der Waals surface area contributed by atoms with Crippen LogP contribution in [0.4, 0.5) is 8.78 Å². The maximum absolute atomic E-state index is 15.1. The van der Waals surface area contributed by atoms with Crippen LogP contribution in [0.25, 0.3) is 5.57 Å². The van der Waals surface area contributed by atoms with Crippen LogP contribution in [0.2, 0.25) is 0 Å². The maximum Gasteiger partial charge on any atom is 0.201 e. The molecule has 2 unspecified atom stereocenters. The second-order valence-corrected chi connectivity index (χ2v) is 11.7. The quantitative estimate of drug-likeness (QED) is 0.196. The summed E-state index contributed by atoms with van der Waals surface area (Å²) in [6, 6.07) is 2.66. The monoisotopic (exact) mass is 545 g/mol. The van der Waals surface area contributed by atoms with Crippen molar-refractivity contribution in [2.45, 2.75) is 50.3 Å². The molecule has 3 aliphatic rings. The number of aryl methyl sites for hydroxylation is 1. The summed E-state index contributed by atoms with van der Waals surface area (Å²) in [5.41, 5.74) is 4.45. The third kappa shape index (κ3) is 5.33. The lowest BCUT2D eigenvalue weighted by Gasteiger charge is -2.28. The third-order valence-corrected chi connectivity index (χ3v) is 8.64. The number of aliphatic hydroxyl groups is 1. The van der Waals surface area contributed by atoms with Crippen LogP contribution < -0.4 is 20.1 Å². The average Bonchev–Trinajstić information content (AvgIpc) is 3.41. The smallest absolute Gasteiger partial charge is 0.201 e. The normalized spacial score (nSPS) is 20.1. The van der Waals surface area contributed by atoms with Gasteiger partial charge in [0, 0.05) is 73.3 Å². The van der Waals surface area contributed by atoms with Gasteiger partial charge in [-0.15, -0.1) is 4.72 Å². The Balaban J connectivity index is 1.34. The van der Waals surface area contributed by atoms with Gasteiger partial charge in [0.15, 0.2) is 17.8 Å². The van der Waals surface area contributed by atoms with Crippen LogP contribution in [0.1, 0.15) is 48.5 Å². The Kier molecular flexibility index (Phi) is 7.54. The van der Waals surface area contributed by atoms with Gasteiger partial charge in [-0.05, 0) is 39.1 Å². The molecular formula is C27H35F2N6O2S+. The molecule has 0 bridgehead atoms. The number of rotatable bonds is 11. The zero-order chi connectivity index (χ0) is 27.0. The number of ether oxygens (including phenoxy) is 1. The Bertz CT molecular complexity index is 1300. The van der Waals surface area contributed by atoms with Gasteiger partial charge in [-0.25, -0.2) is 4.39 Å². The molecule has 1 aromatic carbocycles. The molecule has 204 valence electrons. The molecule has 1 aromatic heterocycles. The number of fused-ring (bicyclic) bond motifs is 1. The fourth-order valence-electron chi connectivity index (χ4n) is 4.63. The number of aromatic nitrogens is 2. The van der Waals surface area contributed by atoms with Crippen molar-refractivity contribution >= 4 is 17.5 Å². The fraction of sp³-hybridized carbons (Fsp3) is 0.444. The number of likely N-dealkylation sites (N-methyl/N-ethyl adjacent to an activating group) is 1. The van der Waals surface area contributed by atoms with Gasteiger partial charge in [-0.3, -0.25) is 4.68 Å². The van der Waals surface area contributed by atoms with Crippen LogP contribution in [0.3, 0.4) is 0 Å². The van der Waals surface area contributed by atoms with E-state index in [4.69, 9.17) is 4.74 Å². The van der Waals surface area contributed by atoms with Crippen molar-refractivity contribution in [1.82, 2.24) is 30.0 Å². The van der Waals surface area contributed by atoms with E-state index >= 15 is 4.39 Å². The topological polar surface area (TPSA) is 86.6 Å². The molecule has 2 aromatic rings. The van der Waals surface area contributed by atoms with Gasteiger partial charge in [0.05, 0.1) is 18.6 Å². The van der Waals surface area contributed by atoms with E-state index in [9.17, 15) is 9.50 Å². The zero-order valence-electron chi connectivity index (χ0n) is 22.1. The molecule has 1 saturated carbocycles. The molecule has 0 spiro atoms. The highest BCUT2D eigenvalue weighted by Gasteiger charge is 2.47. The largest absolute Gasteiger partial charge is 0.489 e. The van der Waals surface area contributed by atoms with Crippen molar-refractivity contribution < 1.29 is 18.6 Å². The highest BCUT2D eigenvalue weighted by molar-refractivity contribution is 7.78. The molecule has 1 fully saturated rings. The Labute approximate surface area is 225 Å². The summed E-state index contributed by atoms with van der Waals surface area (Å²) in [6.45, 7) is 4.84. The van der Waals surface area contributed by atoms with Gasteiger partial charge in [-0.2, -0.15) is 9.49 Å². The first kappa shape index (κ1) is 26.7. The molecule has 1 aliphatic carbocycles. The second-order valence-electron chi connectivity index (χ2n) is 10.2. The van der Waals surface area contributed by atoms with Crippen molar-refractivity contribution in [1.29, 1.82) is 0 Å². The molecule has 38 heavy (non-hydrogen) atoms. The van der Waals surface area contributed by atoms with Gasteiger partial charge in [0.1, 0.15) is 16.6 Å². The first-order chi connectivity index (χ1) is 18.2. The lowest BCUT2D eigenvalue weighted by atomic mass is 10.0. The van der Waals surface area contributed by atoms with Gasteiger partial charge < -0.3 is 25.4 Å². The molecule has 2 atom stereocenters. The van der Waals surface area contributed by atoms with E-state index in [1.54, 1.807) is 10.7 Å². The number of benzene rings is 1. The predicted octanol–water partition coefficient (Wildman–Crippen LogP) is 2.69. The molecule has 3 heterocycles. The molecule has 4 N–H and O–H groups in total. The number of hydrogen-bond donors (Lipinski definition) is 4. The first-order valence-electron chi connectivity index (χ1n) is 12.8. The number of nitrogens with zero attached hydrogens (tertiary/aromatic N) is 3. The summed E-state index contributed by atoms with van der Waals surface area (Å²) in [7, 11) is 3.69. The number of aliphatic hydroxyl groups excluding tert-OH is 1. The highest BCUT2D eigenvalue weighted by Crippen LogP contribution is 2.39. The zero-order valence-corrected chi connectivity index (χ0v) is 22.9. The van der Waals surface area contributed by atoms with Gasteiger partial charge in [0.25, 0.3) is 0 Å². The van der Waals surface area contributed by atoms with Gasteiger partial charge >= 0.3 is 0 Å². The fourth-order valence-corrected chi connectivity index (χ4v) is 5.52. The molecule has 0 amide bonds. The molecule has 11 heteroatoms. The SMILES string of the molecule is CNCC1=CNC2C=CC(c3ccc(F)c(F)c3OCCc3c(C(O)N[SH+]C4(C)CC4)nn(C)c3C)=CN12. The minimum Gasteiger partial charge on any atom is -0.489 e. The molecular weight excluding hydrogens is 510 g/mol. The van der Waals surface area contributed by atoms with E-state index in [0.29, 0.717) is 29.8 Å². The van der Waals surface area contributed by atoms with E-state index in [0.717, 1.165) is 47.8 Å². The van der Waals surface area contributed by atoms with Crippen LogP contribution in [-0.2, 0) is 25.4 Å². The second kappa shape index (κ2) is 10.7. The lowest BCUT2D eigenvalue weighted by molar-refractivity contribution is 0.162. The van der Waals surface area contributed by atoms with E-state index in [2.05, 4.69) is 32.3 Å². The Hall–Kier alpha value is -2.86. The number of thiol groups is 1. The Morgan fingerprint density at radius 1 is 1.34 bits per heavy atom. The summed E-state index contributed by atoms with van der Waals surface area (Å²) in [5, 5.41) is 21.7. The van der Waals surface area contributed by atoms with Gasteiger partial charge in [-0.1, -0.05) is 6.08 Å². The molecule has 8 nitrogen and oxygen atoms in total. The van der Waals surface area contributed by atoms with Crippen molar-refractivity contribution in [2.75, 3.05) is 20.2 Å². The summed E-state index contributed by atoms with van der Waals surface area (Å²) in [6.07, 6.45) is 9.40. The van der Waals surface area contributed by atoms with Crippen LogP contribution >= 0.6 is 0 Å². The standard InChI is InChI=1S/C27H34F2N6O2S/c1-16-19(24(32-34(16)4)26(36)33-38-27(2)10-11-27)9-12-37-25-20(6-7-21(28)23(25)29)17-5-8-22-31-14-18(13-30-3)35(22)15-17/h5-8,14-15,22,26,30-31,33,36H,9-13H2,1-4H3/p+1. The van der Waals surface area contributed by atoms with E-state index in [1.165, 1.54) is 0 Å². The van der Waals surface area contributed by atoms with Crippen molar-refractivity contribution in [3.63, 3.8) is 0 Å². The molecule has 5 rings (SSSR count).